The first-order valence-electron chi connectivity index (χ1n) is 13.3. The summed E-state index contributed by atoms with van der Waals surface area (Å²) in [6.07, 6.45) is 8.47. The van der Waals surface area contributed by atoms with Crippen molar-refractivity contribution in [1.82, 2.24) is 33.8 Å². The number of fused-ring (bicyclic) bond motifs is 1. The van der Waals surface area contributed by atoms with Crippen LogP contribution in [0.25, 0.3) is 22.6 Å². The van der Waals surface area contributed by atoms with Gasteiger partial charge in [0.15, 0.2) is 11.5 Å². The lowest BCUT2D eigenvalue weighted by Gasteiger charge is -2.30. The zero-order valence-corrected chi connectivity index (χ0v) is 22.8. The Bertz CT molecular complexity index is 1470. The van der Waals surface area contributed by atoms with Crippen molar-refractivity contribution in [1.29, 1.82) is 0 Å². The molecule has 2 aliphatic rings. The molecule has 0 unspecified atom stereocenters. The normalized spacial score (nSPS) is 17.6. The van der Waals surface area contributed by atoms with Gasteiger partial charge in [-0.25, -0.2) is 37.6 Å². The highest BCUT2D eigenvalue weighted by Gasteiger charge is 2.31. The van der Waals surface area contributed by atoms with E-state index in [-0.39, 0.29) is 17.4 Å². The standard InChI is InChI=1S/C26H35N7O3S/c1-5-37(35,36)32-12-10-18(11-13-32)6-9-20-26(34)33(16(2)3)25-21(30-20)14-27-24(31-25)22-17(4)28-15-29-23(22)19-7-8-19/h14-16,18-19H,5-13H2,1-4H3. The maximum Gasteiger partial charge on any atom is 0.274 e. The molecular formula is C26H35N7O3S. The Morgan fingerprint density at radius 2 is 1.78 bits per heavy atom. The summed E-state index contributed by atoms with van der Waals surface area (Å²) in [6, 6.07) is -0.0991. The fourth-order valence-corrected chi connectivity index (χ4v) is 6.38. The van der Waals surface area contributed by atoms with Crippen molar-refractivity contribution in [2.75, 3.05) is 18.8 Å². The van der Waals surface area contributed by atoms with Crippen molar-refractivity contribution in [2.45, 2.75) is 78.2 Å². The molecule has 1 aliphatic carbocycles. The Hall–Kier alpha value is -2.79. The molecule has 0 N–H and O–H groups in total. The Labute approximate surface area is 217 Å². The predicted molar refractivity (Wildman–Crippen MR) is 142 cm³/mol. The lowest BCUT2D eigenvalue weighted by atomic mass is 9.92. The minimum Gasteiger partial charge on any atom is -0.287 e. The van der Waals surface area contributed by atoms with E-state index in [0.717, 1.165) is 49.1 Å². The molecule has 3 aromatic heterocycles. The molecule has 0 aromatic carbocycles. The number of sulfonamides is 1. The molecule has 10 nitrogen and oxygen atoms in total. The van der Waals surface area contributed by atoms with Gasteiger partial charge in [0.05, 0.1) is 28.9 Å². The minimum absolute atomic E-state index is 0.0991. The summed E-state index contributed by atoms with van der Waals surface area (Å²) in [7, 11) is -3.14. The van der Waals surface area contributed by atoms with E-state index in [2.05, 4.69) is 15.0 Å². The van der Waals surface area contributed by atoms with Crippen LogP contribution in [0.2, 0.25) is 0 Å². The molecule has 2 fully saturated rings. The summed E-state index contributed by atoms with van der Waals surface area (Å²) in [4.78, 5) is 36.6. The predicted octanol–water partition coefficient (Wildman–Crippen LogP) is 3.40. The van der Waals surface area contributed by atoms with E-state index in [1.165, 1.54) is 0 Å². The molecule has 0 spiro atoms. The van der Waals surface area contributed by atoms with E-state index < -0.39 is 10.0 Å². The molecule has 1 saturated heterocycles. The molecule has 0 bridgehead atoms. The van der Waals surface area contributed by atoms with Gasteiger partial charge in [0, 0.05) is 25.0 Å². The number of nitrogens with zero attached hydrogens (tertiary/aromatic N) is 7. The van der Waals surface area contributed by atoms with Gasteiger partial charge in [-0.3, -0.25) is 9.36 Å². The molecule has 37 heavy (non-hydrogen) atoms. The minimum atomic E-state index is -3.14. The van der Waals surface area contributed by atoms with Gasteiger partial charge in [-0.15, -0.1) is 0 Å². The summed E-state index contributed by atoms with van der Waals surface area (Å²) in [5.74, 6) is 1.45. The van der Waals surface area contributed by atoms with Gasteiger partial charge in [0.1, 0.15) is 17.5 Å². The van der Waals surface area contributed by atoms with Crippen molar-refractivity contribution >= 4 is 21.2 Å². The second kappa shape index (κ2) is 10.2. The van der Waals surface area contributed by atoms with Gasteiger partial charge < -0.3 is 0 Å². The Balaban J connectivity index is 1.42. The van der Waals surface area contributed by atoms with Gasteiger partial charge >= 0.3 is 0 Å². The largest absolute Gasteiger partial charge is 0.287 e. The van der Waals surface area contributed by atoms with E-state index in [9.17, 15) is 13.2 Å². The number of rotatable bonds is 8. The van der Waals surface area contributed by atoms with Gasteiger partial charge in [-0.2, -0.15) is 0 Å². The number of aromatic nitrogens is 6. The smallest absolute Gasteiger partial charge is 0.274 e. The summed E-state index contributed by atoms with van der Waals surface area (Å²) in [6.45, 7) is 8.66. The van der Waals surface area contributed by atoms with Crippen LogP contribution in [0.1, 0.15) is 81.9 Å². The quantitative estimate of drug-likeness (QED) is 0.438. The molecule has 5 rings (SSSR count). The fourth-order valence-electron chi connectivity index (χ4n) is 5.25. The summed E-state index contributed by atoms with van der Waals surface area (Å²) >= 11 is 0. The molecular weight excluding hydrogens is 490 g/mol. The molecule has 1 aliphatic heterocycles. The van der Waals surface area contributed by atoms with Gasteiger partial charge in [-0.05, 0) is 72.1 Å². The molecule has 198 valence electrons. The van der Waals surface area contributed by atoms with Crippen LogP contribution in [-0.4, -0.2) is 61.1 Å². The average Bonchev–Trinajstić information content (AvgIpc) is 3.73. The zero-order chi connectivity index (χ0) is 26.3. The van der Waals surface area contributed by atoms with E-state index in [1.807, 2.05) is 20.8 Å². The number of aryl methyl sites for hydroxylation is 2. The van der Waals surface area contributed by atoms with E-state index >= 15 is 0 Å². The third kappa shape index (κ3) is 5.16. The Morgan fingerprint density at radius 3 is 2.43 bits per heavy atom. The number of hydrogen-bond acceptors (Lipinski definition) is 8. The van der Waals surface area contributed by atoms with E-state index in [1.54, 1.807) is 28.3 Å². The van der Waals surface area contributed by atoms with Crippen LogP contribution >= 0.6 is 0 Å². The maximum absolute atomic E-state index is 13.5. The van der Waals surface area contributed by atoms with Crippen molar-refractivity contribution in [2.24, 2.45) is 5.92 Å². The van der Waals surface area contributed by atoms with Gasteiger partial charge in [0.2, 0.25) is 10.0 Å². The highest BCUT2D eigenvalue weighted by molar-refractivity contribution is 7.89. The van der Waals surface area contributed by atoms with Crippen LogP contribution in [0.4, 0.5) is 0 Å². The Morgan fingerprint density at radius 1 is 1.05 bits per heavy atom. The van der Waals surface area contributed by atoms with Crippen LogP contribution in [0, 0.1) is 12.8 Å². The third-order valence-corrected chi connectivity index (χ3v) is 9.47. The lowest BCUT2D eigenvalue weighted by molar-refractivity contribution is 0.263. The summed E-state index contributed by atoms with van der Waals surface area (Å²) in [5, 5.41) is 0. The first kappa shape index (κ1) is 25.8. The molecule has 0 radical (unpaired) electrons. The maximum atomic E-state index is 13.5. The lowest BCUT2D eigenvalue weighted by Crippen LogP contribution is -2.39. The highest BCUT2D eigenvalue weighted by Crippen LogP contribution is 2.43. The topological polar surface area (TPSA) is 124 Å². The second-order valence-electron chi connectivity index (χ2n) is 10.5. The molecule has 1 saturated carbocycles. The highest BCUT2D eigenvalue weighted by atomic mass is 32.2. The van der Waals surface area contributed by atoms with Crippen LogP contribution in [0.5, 0.6) is 0 Å². The molecule has 0 atom stereocenters. The molecule has 11 heteroatoms. The van der Waals surface area contributed by atoms with E-state index in [4.69, 9.17) is 9.97 Å². The second-order valence-corrected chi connectivity index (χ2v) is 12.8. The van der Waals surface area contributed by atoms with Crippen molar-refractivity contribution in [3.8, 4) is 11.4 Å². The van der Waals surface area contributed by atoms with Crippen LogP contribution in [-0.2, 0) is 16.4 Å². The van der Waals surface area contributed by atoms with Gasteiger partial charge in [-0.1, -0.05) is 0 Å². The van der Waals surface area contributed by atoms with Crippen LogP contribution < -0.4 is 5.56 Å². The molecule has 4 heterocycles. The Kier molecular flexibility index (Phi) is 7.10. The summed E-state index contributed by atoms with van der Waals surface area (Å²) < 4.78 is 27.6. The zero-order valence-electron chi connectivity index (χ0n) is 22.0. The van der Waals surface area contributed by atoms with Crippen LogP contribution in [0.15, 0.2) is 17.3 Å². The van der Waals surface area contributed by atoms with Crippen molar-refractivity contribution in [3.63, 3.8) is 0 Å². The molecule has 0 amide bonds. The first-order valence-corrected chi connectivity index (χ1v) is 14.9. The van der Waals surface area contributed by atoms with Gasteiger partial charge in [0.25, 0.3) is 5.56 Å². The molecule has 3 aromatic rings. The monoisotopic (exact) mass is 525 g/mol. The first-order chi connectivity index (χ1) is 17.7. The van der Waals surface area contributed by atoms with E-state index in [0.29, 0.717) is 54.0 Å². The number of hydrogen-bond donors (Lipinski definition) is 0. The third-order valence-electron chi connectivity index (χ3n) is 7.59. The van der Waals surface area contributed by atoms with Crippen molar-refractivity contribution < 1.29 is 8.42 Å². The number of piperidine rings is 1. The van der Waals surface area contributed by atoms with Crippen LogP contribution in [0.3, 0.4) is 0 Å². The SMILES string of the molecule is CCS(=O)(=O)N1CCC(CCc2nc3cnc(-c4c(C)ncnc4C4CC4)nc3n(C(C)C)c2=O)CC1. The summed E-state index contributed by atoms with van der Waals surface area (Å²) in [5.41, 5.74) is 4.18. The van der Waals surface area contributed by atoms with Crippen molar-refractivity contribution in [3.05, 3.63) is 40.0 Å². The average molecular weight is 526 g/mol. The fraction of sp³-hybridized carbons (Fsp3) is 0.615.